The SMILES string of the molecule is CCOC(=O)CNC(=O)N(CCc1ccccc1)C(CC)c1nc2ccccc2c(=O)n1-c1cccc(C)c1. The molecule has 3 aromatic carbocycles. The number of carbonyl (C=O) groups excluding carboxylic acids is 2. The maximum Gasteiger partial charge on any atom is 0.325 e. The zero-order chi connectivity index (χ0) is 27.8. The predicted molar refractivity (Wildman–Crippen MR) is 152 cm³/mol. The number of esters is 1. The van der Waals surface area contributed by atoms with Crippen LogP contribution in [0.4, 0.5) is 4.79 Å². The van der Waals surface area contributed by atoms with Gasteiger partial charge in [0.05, 0.1) is 29.2 Å². The molecular weight excluding hydrogens is 492 g/mol. The summed E-state index contributed by atoms with van der Waals surface area (Å²) in [5, 5.41) is 3.21. The van der Waals surface area contributed by atoms with Crippen molar-refractivity contribution in [2.24, 2.45) is 0 Å². The molecule has 0 aliphatic heterocycles. The number of aromatic nitrogens is 2. The van der Waals surface area contributed by atoms with E-state index in [2.05, 4.69) is 5.32 Å². The molecule has 39 heavy (non-hydrogen) atoms. The van der Waals surface area contributed by atoms with Gasteiger partial charge in [0.1, 0.15) is 12.4 Å². The Morgan fingerprint density at radius 3 is 2.46 bits per heavy atom. The second-order valence-corrected chi connectivity index (χ2v) is 9.28. The van der Waals surface area contributed by atoms with Crippen LogP contribution < -0.4 is 10.9 Å². The van der Waals surface area contributed by atoms with Crippen LogP contribution in [0.25, 0.3) is 16.6 Å². The zero-order valence-electron chi connectivity index (χ0n) is 22.6. The Balaban J connectivity index is 1.82. The molecule has 0 spiro atoms. The molecule has 1 atom stereocenters. The van der Waals surface area contributed by atoms with Crippen molar-refractivity contribution in [2.75, 3.05) is 19.7 Å². The van der Waals surface area contributed by atoms with Crippen molar-refractivity contribution in [3.8, 4) is 5.69 Å². The lowest BCUT2D eigenvalue weighted by Crippen LogP contribution is -2.46. The molecule has 1 aromatic heterocycles. The third-order valence-corrected chi connectivity index (χ3v) is 6.56. The van der Waals surface area contributed by atoms with E-state index in [4.69, 9.17) is 9.72 Å². The van der Waals surface area contributed by atoms with Crippen molar-refractivity contribution in [3.63, 3.8) is 0 Å². The summed E-state index contributed by atoms with van der Waals surface area (Å²) >= 11 is 0. The van der Waals surface area contributed by atoms with E-state index in [0.29, 0.717) is 41.8 Å². The van der Waals surface area contributed by atoms with E-state index in [1.807, 2.05) is 86.6 Å². The Hall–Kier alpha value is -4.46. The van der Waals surface area contributed by atoms with E-state index in [-0.39, 0.29) is 18.7 Å². The number of carbonyl (C=O) groups is 2. The lowest BCUT2D eigenvalue weighted by molar-refractivity contribution is -0.141. The molecule has 0 fully saturated rings. The van der Waals surface area contributed by atoms with Crippen molar-refractivity contribution in [1.82, 2.24) is 19.8 Å². The van der Waals surface area contributed by atoms with Gasteiger partial charge in [-0.05, 0) is 62.1 Å². The molecule has 0 saturated carbocycles. The molecule has 1 N–H and O–H groups in total. The van der Waals surface area contributed by atoms with E-state index in [9.17, 15) is 14.4 Å². The van der Waals surface area contributed by atoms with Gasteiger partial charge in [-0.15, -0.1) is 0 Å². The second kappa shape index (κ2) is 12.9. The Labute approximate surface area is 228 Å². The van der Waals surface area contributed by atoms with Crippen LogP contribution in [-0.2, 0) is 16.0 Å². The summed E-state index contributed by atoms with van der Waals surface area (Å²) in [6, 6.07) is 23.8. The normalized spacial score (nSPS) is 11.7. The smallest absolute Gasteiger partial charge is 0.325 e. The largest absolute Gasteiger partial charge is 0.465 e. The number of benzene rings is 3. The van der Waals surface area contributed by atoms with E-state index >= 15 is 0 Å². The number of nitrogens with one attached hydrogen (secondary N) is 1. The first-order valence-electron chi connectivity index (χ1n) is 13.3. The molecule has 0 aliphatic carbocycles. The zero-order valence-corrected chi connectivity index (χ0v) is 22.6. The Morgan fingerprint density at radius 2 is 1.74 bits per heavy atom. The number of hydrogen-bond donors (Lipinski definition) is 1. The summed E-state index contributed by atoms with van der Waals surface area (Å²) in [6.07, 6.45) is 1.09. The third kappa shape index (κ3) is 6.52. The topological polar surface area (TPSA) is 93.5 Å². The van der Waals surface area contributed by atoms with E-state index in [0.717, 1.165) is 11.1 Å². The van der Waals surface area contributed by atoms with Crippen LogP contribution in [0.5, 0.6) is 0 Å². The summed E-state index contributed by atoms with van der Waals surface area (Å²) in [7, 11) is 0. The highest BCUT2D eigenvalue weighted by molar-refractivity contribution is 5.81. The number of fused-ring (bicyclic) bond motifs is 1. The fourth-order valence-electron chi connectivity index (χ4n) is 4.69. The summed E-state index contributed by atoms with van der Waals surface area (Å²) in [4.78, 5) is 46.1. The number of hydrogen-bond acceptors (Lipinski definition) is 5. The van der Waals surface area contributed by atoms with Crippen molar-refractivity contribution in [2.45, 2.75) is 39.7 Å². The molecule has 8 nitrogen and oxygen atoms in total. The molecule has 0 saturated heterocycles. The van der Waals surface area contributed by atoms with Gasteiger partial charge in [-0.2, -0.15) is 0 Å². The maximum absolute atomic E-state index is 13.9. The highest BCUT2D eigenvalue weighted by atomic mass is 16.5. The number of rotatable bonds is 10. The first-order chi connectivity index (χ1) is 18.9. The summed E-state index contributed by atoms with van der Waals surface area (Å²) < 4.78 is 6.60. The first kappa shape index (κ1) is 27.6. The highest BCUT2D eigenvalue weighted by Crippen LogP contribution is 2.27. The van der Waals surface area contributed by atoms with Crippen LogP contribution in [0.15, 0.2) is 83.7 Å². The van der Waals surface area contributed by atoms with Crippen molar-refractivity contribution >= 4 is 22.9 Å². The van der Waals surface area contributed by atoms with Gasteiger partial charge < -0.3 is 15.0 Å². The lowest BCUT2D eigenvalue weighted by atomic mass is 10.1. The molecule has 0 bridgehead atoms. The molecule has 4 rings (SSSR count). The molecule has 0 aliphatic rings. The fourth-order valence-corrected chi connectivity index (χ4v) is 4.69. The van der Waals surface area contributed by atoms with Crippen molar-refractivity contribution in [1.29, 1.82) is 0 Å². The molecule has 2 amide bonds. The van der Waals surface area contributed by atoms with Crippen molar-refractivity contribution in [3.05, 3.63) is 106 Å². The summed E-state index contributed by atoms with van der Waals surface area (Å²) in [6.45, 7) is 5.98. The van der Waals surface area contributed by atoms with Gasteiger partial charge in [0.2, 0.25) is 0 Å². The van der Waals surface area contributed by atoms with Gasteiger partial charge in [0, 0.05) is 6.54 Å². The van der Waals surface area contributed by atoms with Crippen LogP contribution in [0, 0.1) is 6.92 Å². The van der Waals surface area contributed by atoms with E-state index in [1.165, 1.54) is 0 Å². The Kier molecular flexibility index (Phi) is 9.10. The van der Waals surface area contributed by atoms with Gasteiger partial charge >= 0.3 is 12.0 Å². The van der Waals surface area contributed by atoms with E-state index < -0.39 is 18.0 Å². The van der Waals surface area contributed by atoms with Gasteiger partial charge in [-0.3, -0.25) is 14.2 Å². The molecule has 8 heteroatoms. The van der Waals surface area contributed by atoms with Crippen LogP contribution in [0.3, 0.4) is 0 Å². The second-order valence-electron chi connectivity index (χ2n) is 9.28. The predicted octanol–water partition coefficient (Wildman–Crippen LogP) is 4.96. The minimum absolute atomic E-state index is 0.199. The standard InChI is InChI=1S/C31H34N4O4/c1-4-27(34(19-18-23-13-7-6-8-14-23)31(38)32-21-28(36)39-5-2)29-33-26-17-10-9-16-25(26)30(37)35(29)24-15-11-12-22(3)20-24/h6-17,20,27H,4-5,18-19,21H2,1-3H3,(H,32,38). The quantitative estimate of drug-likeness (QED) is 0.295. The van der Waals surface area contributed by atoms with Gasteiger partial charge in [-0.25, -0.2) is 9.78 Å². The molecular formula is C31H34N4O4. The van der Waals surface area contributed by atoms with E-state index in [1.54, 1.807) is 22.5 Å². The highest BCUT2D eigenvalue weighted by Gasteiger charge is 2.29. The maximum atomic E-state index is 13.9. The lowest BCUT2D eigenvalue weighted by Gasteiger charge is -2.32. The average molecular weight is 527 g/mol. The minimum atomic E-state index is -0.547. The number of para-hydroxylation sites is 1. The third-order valence-electron chi connectivity index (χ3n) is 6.56. The fraction of sp³-hybridized carbons (Fsp3) is 0.290. The summed E-state index contributed by atoms with van der Waals surface area (Å²) in [5.41, 5.74) is 3.11. The van der Waals surface area contributed by atoms with Crippen LogP contribution in [0.2, 0.25) is 0 Å². The Morgan fingerprint density at radius 1 is 1.00 bits per heavy atom. The molecule has 1 unspecified atom stereocenters. The summed E-state index contributed by atoms with van der Waals surface area (Å²) in [5.74, 6) is -0.0476. The number of aryl methyl sites for hydroxylation is 1. The Bertz CT molecular complexity index is 1500. The molecule has 1 heterocycles. The first-order valence-corrected chi connectivity index (χ1v) is 13.3. The molecule has 0 radical (unpaired) electrons. The number of amides is 2. The van der Waals surface area contributed by atoms with Crippen LogP contribution >= 0.6 is 0 Å². The average Bonchev–Trinajstić information content (AvgIpc) is 2.94. The number of nitrogens with zero attached hydrogens (tertiary/aromatic N) is 3. The van der Waals surface area contributed by atoms with Gasteiger partial charge in [-0.1, -0.05) is 61.5 Å². The van der Waals surface area contributed by atoms with Gasteiger partial charge in [0.15, 0.2) is 0 Å². The monoisotopic (exact) mass is 526 g/mol. The molecule has 4 aromatic rings. The van der Waals surface area contributed by atoms with Crippen LogP contribution in [0.1, 0.15) is 43.3 Å². The van der Waals surface area contributed by atoms with Crippen LogP contribution in [-0.4, -0.2) is 46.1 Å². The van der Waals surface area contributed by atoms with Crippen molar-refractivity contribution < 1.29 is 14.3 Å². The minimum Gasteiger partial charge on any atom is -0.465 e. The number of urea groups is 1. The molecule has 202 valence electrons. The van der Waals surface area contributed by atoms with Gasteiger partial charge in [0.25, 0.3) is 5.56 Å². The number of ether oxygens (including phenoxy) is 1.